The predicted molar refractivity (Wildman–Crippen MR) is 72.9 cm³/mol. The molecule has 18 heavy (non-hydrogen) atoms. The number of ether oxygens (including phenoxy) is 1. The van der Waals surface area contributed by atoms with Crippen molar-refractivity contribution in [3.8, 4) is 17.0 Å². The lowest BCUT2D eigenvalue weighted by Crippen LogP contribution is -2.25. The second kappa shape index (κ2) is 5.55. The fraction of sp³-hybridized carbons (Fsp3) is 0.308. The minimum Gasteiger partial charge on any atom is -0.497 e. The molecule has 5 heteroatoms. The summed E-state index contributed by atoms with van der Waals surface area (Å²) in [4.78, 5) is 2.02. The van der Waals surface area contributed by atoms with Crippen LogP contribution in [0, 0.1) is 0 Å². The molecule has 1 aromatic carbocycles. The summed E-state index contributed by atoms with van der Waals surface area (Å²) in [5.74, 6) is 1.74. The van der Waals surface area contributed by atoms with Gasteiger partial charge >= 0.3 is 0 Å². The monoisotopic (exact) mass is 246 g/mol. The Morgan fingerprint density at radius 1 is 1.33 bits per heavy atom. The van der Waals surface area contributed by atoms with Crippen LogP contribution in [0.15, 0.2) is 30.3 Å². The zero-order chi connectivity index (χ0) is 13.0. The van der Waals surface area contributed by atoms with E-state index in [9.17, 15) is 0 Å². The molecule has 0 bridgehead atoms. The van der Waals surface area contributed by atoms with Crippen LogP contribution in [0.25, 0.3) is 11.3 Å². The molecule has 0 saturated carbocycles. The van der Waals surface area contributed by atoms with Crippen LogP contribution in [0.3, 0.4) is 0 Å². The highest BCUT2D eigenvalue weighted by molar-refractivity contribution is 5.63. The number of benzene rings is 1. The van der Waals surface area contributed by atoms with E-state index in [1.807, 2.05) is 42.3 Å². The van der Waals surface area contributed by atoms with Crippen molar-refractivity contribution in [2.24, 2.45) is 5.73 Å². The summed E-state index contributed by atoms with van der Waals surface area (Å²) in [7, 11) is 3.63. The third kappa shape index (κ3) is 2.62. The largest absolute Gasteiger partial charge is 0.497 e. The molecule has 2 aromatic rings. The molecule has 2 rings (SSSR count). The quantitative estimate of drug-likeness (QED) is 0.838. The molecule has 96 valence electrons. The lowest BCUT2D eigenvalue weighted by atomic mass is 10.1. The molecule has 0 aliphatic rings. The lowest BCUT2D eigenvalue weighted by molar-refractivity contribution is 0.415. The first-order chi connectivity index (χ1) is 8.74. The molecule has 0 spiro atoms. The van der Waals surface area contributed by atoms with Crippen LogP contribution < -0.4 is 15.4 Å². The van der Waals surface area contributed by atoms with Gasteiger partial charge in [0.05, 0.1) is 12.8 Å². The van der Waals surface area contributed by atoms with Crippen LogP contribution >= 0.6 is 0 Å². The van der Waals surface area contributed by atoms with Gasteiger partial charge < -0.3 is 15.4 Å². The zero-order valence-electron chi connectivity index (χ0n) is 10.7. The highest BCUT2D eigenvalue weighted by Gasteiger charge is 2.07. The summed E-state index contributed by atoms with van der Waals surface area (Å²) in [6.07, 6.45) is 0. The number of nitrogens with zero attached hydrogens (tertiary/aromatic N) is 2. The molecule has 1 aromatic heterocycles. The first kappa shape index (κ1) is 12.4. The SMILES string of the molecule is COc1ccc(-c2cc(N(C)CCN)n[nH]2)cc1. The van der Waals surface area contributed by atoms with Gasteiger partial charge in [0.2, 0.25) is 0 Å². The molecule has 3 N–H and O–H groups in total. The minimum atomic E-state index is 0.612. The number of aromatic nitrogens is 2. The van der Waals surface area contributed by atoms with Crippen LogP contribution in [0.1, 0.15) is 0 Å². The number of nitrogens with two attached hydrogens (primary N) is 1. The van der Waals surface area contributed by atoms with Crippen molar-refractivity contribution in [3.05, 3.63) is 30.3 Å². The number of likely N-dealkylation sites (N-methyl/N-ethyl adjacent to an activating group) is 1. The number of rotatable bonds is 5. The lowest BCUT2D eigenvalue weighted by Gasteiger charge is -2.13. The Bertz CT molecular complexity index is 492. The van der Waals surface area contributed by atoms with Crippen LogP contribution in [-0.2, 0) is 0 Å². The molecular weight excluding hydrogens is 228 g/mol. The molecule has 1 heterocycles. The summed E-state index contributed by atoms with van der Waals surface area (Å²) in [6, 6.07) is 9.87. The maximum Gasteiger partial charge on any atom is 0.150 e. The van der Waals surface area contributed by atoms with E-state index in [0.717, 1.165) is 29.4 Å². The number of methoxy groups -OCH3 is 1. The van der Waals surface area contributed by atoms with Crippen LogP contribution in [-0.4, -0.2) is 37.4 Å². The smallest absolute Gasteiger partial charge is 0.150 e. The van der Waals surface area contributed by atoms with Crippen LogP contribution in [0.2, 0.25) is 0 Å². The molecule has 0 aliphatic carbocycles. The highest BCUT2D eigenvalue weighted by Crippen LogP contribution is 2.23. The predicted octanol–water partition coefficient (Wildman–Crippen LogP) is 1.48. The molecule has 0 amide bonds. The number of anilines is 1. The van der Waals surface area contributed by atoms with Crippen molar-refractivity contribution >= 4 is 5.82 Å². The number of hydrogen-bond donors (Lipinski definition) is 2. The Morgan fingerprint density at radius 3 is 2.67 bits per heavy atom. The van der Waals surface area contributed by atoms with Gasteiger partial charge in [0, 0.05) is 26.2 Å². The maximum atomic E-state index is 5.52. The number of nitrogens with one attached hydrogen (secondary N) is 1. The Hall–Kier alpha value is -2.01. The summed E-state index contributed by atoms with van der Waals surface area (Å²) < 4.78 is 5.13. The van der Waals surface area contributed by atoms with Crippen molar-refractivity contribution in [1.82, 2.24) is 10.2 Å². The Kier molecular flexibility index (Phi) is 3.84. The van der Waals surface area contributed by atoms with Crippen LogP contribution in [0.5, 0.6) is 5.75 Å². The molecule has 0 fully saturated rings. The Morgan fingerprint density at radius 2 is 2.06 bits per heavy atom. The van der Waals surface area contributed by atoms with Gasteiger partial charge in [-0.25, -0.2) is 0 Å². The fourth-order valence-corrected chi connectivity index (χ4v) is 1.73. The van der Waals surface area contributed by atoms with E-state index < -0.39 is 0 Å². The zero-order valence-corrected chi connectivity index (χ0v) is 10.7. The summed E-state index contributed by atoms with van der Waals surface area (Å²) in [5.41, 5.74) is 7.59. The van der Waals surface area contributed by atoms with E-state index in [2.05, 4.69) is 10.2 Å². The van der Waals surface area contributed by atoms with Gasteiger partial charge in [-0.2, -0.15) is 5.10 Å². The van der Waals surface area contributed by atoms with Gasteiger partial charge in [0.25, 0.3) is 0 Å². The van der Waals surface area contributed by atoms with E-state index in [1.54, 1.807) is 7.11 Å². The van der Waals surface area contributed by atoms with E-state index in [-0.39, 0.29) is 0 Å². The third-order valence-corrected chi connectivity index (χ3v) is 2.82. The first-order valence-electron chi connectivity index (χ1n) is 5.85. The Balaban J connectivity index is 2.18. The first-order valence-corrected chi connectivity index (χ1v) is 5.85. The summed E-state index contributed by atoms with van der Waals surface area (Å²) in [5, 5.41) is 7.29. The standard InChI is InChI=1S/C13H18N4O/c1-17(8-7-14)13-9-12(15-16-13)10-3-5-11(18-2)6-4-10/h3-6,9H,7-8,14H2,1-2H3,(H,15,16). The third-order valence-electron chi connectivity index (χ3n) is 2.82. The average molecular weight is 246 g/mol. The molecule has 0 aliphatic heterocycles. The molecule has 5 nitrogen and oxygen atoms in total. The maximum absolute atomic E-state index is 5.52. The second-order valence-corrected chi connectivity index (χ2v) is 4.08. The topological polar surface area (TPSA) is 67.2 Å². The van der Waals surface area contributed by atoms with Gasteiger partial charge in [-0.3, -0.25) is 5.10 Å². The average Bonchev–Trinajstić information content (AvgIpc) is 2.89. The molecule has 0 atom stereocenters. The summed E-state index contributed by atoms with van der Waals surface area (Å²) in [6.45, 7) is 1.40. The van der Waals surface area contributed by atoms with Gasteiger partial charge in [0.1, 0.15) is 5.75 Å². The van der Waals surface area contributed by atoms with E-state index in [1.165, 1.54) is 0 Å². The van der Waals surface area contributed by atoms with Crippen molar-refractivity contribution in [1.29, 1.82) is 0 Å². The van der Waals surface area contributed by atoms with Crippen LogP contribution in [0.4, 0.5) is 5.82 Å². The van der Waals surface area contributed by atoms with Gasteiger partial charge in [-0.1, -0.05) is 0 Å². The number of hydrogen-bond acceptors (Lipinski definition) is 4. The number of aromatic amines is 1. The highest BCUT2D eigenvalue weighted by atomic mass is 16.5. The van der Waals surface area contributed by atoms with Crippen molar-refractivity contribution in [3.63, 3.8) is 0 Å². The summed E-state index contributed by atoms with van der Waals surface area (Å²) >= 11 is 0. The van der Waals surface area contributed by atoms with E-state index in [4.69, 9.17) is 10.5 Å². The van der Waals surface area contributed by atoms with Gasteiger partial charge in [-0.15, -0.1) is 0 Å². The second-order valence-electron chi connectivity index (χ2n) is 4.08. The van der Waals surface area contributed by atoms with E-state index >= 15 is 0 Å². The normalized spacial score (nSPS) is 10.4. The van der Waals surface area contributed by atoms with Crippen molar-refractivity contribution in [2.75, 3.05) is 32.1 Å². The molecule has 0 saturated heterocycles. The molecular formula is C13H18N4O. The Labute approximate surface area is 107 Å². The molecule has 0 radical (unpaired) electrons. The van der Waals surface area contributed by atoms with Crippen molar-refractivity contribution < 1.29 is 4.74 Å². The molecule has 0 unspecified atom stereocenters. The van der Waals surface area contributed by atoms with E-state index in [0.29, 0.717) is 6.54 Å². The number of H-pyrrole nitrogens is 1. The fourth-order valence-electron chi connectivity index (χ4n) is 1.73. The van der Waals surface area contributed by atoms with Gasteiger partial charge in [0.15, 0.2) is 5.82 Å². The minimum absolute atomic E-state index is 0.612. The van der Waals surface area contributed by atoms with Crippen molar-refractivity contribution in [2.45, 2.75) is 0 Å². The van der Waals surface area contributed by atoms with Gasteiger partial charge in [-0.05, 0) is 29.8 Å².